The molecule has 1 aromatic rings. The van der Waals surface area contributed by atoms with E-state index in [1.54, 1.807) is 21.3 Å². The molecule has 0 radical (unpaired) electrons. The summed E-state index contributed by atoms with van der Waals surface area (Å²) in [4.78, 5) is 13.8. The predicted molar refractivity (Wildman–Crippen MR) is 74.0 cm³/mol. The molecular weight excluding hydrogens is 279 g/mol. The van der Waals surface area contributed by atoms with E-state index in [4.69, 9.17) is 23.2 Å². The van der Waals surface area contributed by atoms with Crippen LogP contribution in [-0.4, -0.2) is 29.2 Å². The number of nitrogens with zero attached hydrogens (tertiary/aromatic N) is 2. The van der Waals surface area contributed by atoms with Crippen molar-refractivity contribution in [1.82, 2.24) is 4.31 Å². The van der Waals surface area contributed by atoms with E-state index >= 15 is 0 Å². The summed E-state index contributed by atoms with van der Waals surface area (Å²) in [5, 5.41) is 0.973. The molecule has 1 aliphatic rings. The average Bonchev–Trinajstić information content (AvgIpc) is 2.66. The Hall–Kier alpha value is -0.580. The molecule has 0 saturated carbocycles. The van der Waals surface area contributed by atoms with E-state index in [1.807, 2.05) is 13.0 Å². The van der Waals surface area contributed by atoms with Crippen molar-refractivity contribution in [3.05, 3.63) is 28.2 Å². The summed E-state index contributed by atoms with van der Waals surface area (Å²) >= 11 is 13.3. The second-order valence-corrected chi connectivity index (χ2v) is 5.64. The molecule has 0 unspecified atom stereocenters. The molecule has 0 spiro atoms. The molecule has 1 aliphatic heterocycles. The molecule has 6 heteroatoms. The van der Waals surface area contributed by atoms with Crippen molar-refractivity contribution in [2.45, 2.75) is 6.92 Å². The highest BCUT2D eigenvalue weighted by molar-refractivity contribution is 7.97. The first-order valence-corrected chi connectivity index (χ1v) is 7.00. The lowest BCUT2D eigenvalue weighted by molar-refractivity contribution is 0.241. The maximum absolute atomic E-state index is 12.0. The van der Waals surface area contributed by atoms with Crippen LogP contribution in [0, 0.1) is 0 Å². The normalized spacial score (nSPS) is 15.8. The van der Waals surface area contributed by atoms with Gasteiger partial charge in [0, 0.05) is 18.0 Å². The van der Waals surface area contributed by atoms with Gasteiger partial charge in [-0.15, -0.1) is 0 Å². The third-order valence-electron chi connectivity index (χ3n) is 2.47. The molecule has 92 valence electrons. The van der Waals surface area contributed by atoms with Gasteiger partial charge in [0.25, 0.3) is 0 Å². The second-order valence-electron chi connectivity index (χ2n) is 3.55. The minimum atomic E-state index is 0.00948. The number of carbonyl (C=O) groups excluding carboxylic acids is 1. The summed E-state index contributed by atoms with van der Waals surface area (Å²) in [5.41, 5.74) is 0.795. The van der Waals surface area contributed by atoms with Crippen LogP contribution >= 0.6 is 35.1 Å². The molecule has 1 saturated heterocycles. The Morgan fingerprint density at radius 2 is 2.06 bits per heavy atom. The molecule has 0 aromatic heterocycles. The minimum Gasteiger partial charge on any atom is -0.292 e. The van der Waals surface area contributed by atoms with Gasteiger partial charge in [-0.05, 0) is 30.1 Å². The number of hydrogen-bond donors (Lipinski definition) is 0. The van der Waals surface area contributed by atoms with Gasteiger partial charge in [-0.25, -0.2) is 4.79 Å². The SMILES string of the molecule is CCSN1CCN(c2ccc(Cl)c(Cl)c2)C1=O. The number of anilines is 1. The largest absolute Gasteiger partial charge is 0.334 e. The van der Waals surface area contributed by atoms with Crippen LogP contribution in [0.25, 0.3) is 0 Å². The topological polar surface area (TPSA) is 23.6 Å². The van der Waals surface area contributed by atoms with E-state index < -0.39 is 0 Å². The van der Waals surface area contributed by atoms with E-state index in [9.17, 15) is 4.79 Å². The first-order chi connectivity index (χ1) is 8.13. The van der Waals surface area contributed by atoms with Crippen molar-refractivity contribution in [3.63, 3.8) is 0 Å². The molecule has 0 N–H and O–H groups in total. The minimum absolute atomic E-state index is 0.00948. The van der Waals surface area contributed by atoms with Crippen LogP contribution in [0.15, 0.2) is 18.2 Å². The molecule has 17 heavy (non-hydrogen) atoms. The third-order valence-corrected chi connectivity index (χ3v) is 4.12. The maximum Gasteiger partial charge on any atom is 0.334 e. The van der Waals surface area contributed by atoms with Gasteiger partial charge in [0.2, 0.25) is 0 Å². The summed E-state index contributed by atoms with van der Waals surface area (Å²) in [6.45, 7) is 3.45. The van der Waals surface area contributed by atoms with Gasteiger partial charge in [0.05, 0.1) is 16.6 Å². The number of amides is 2. The van der Waals surface area contributed by atoms with Gasteiger partial charge in [-0.3, -0.25) is 9.21 Å². The van der Waals surface area contributed by atoms with Crippen LogP contribution in [0.5, 0.6) is 0 Å². The highest BCUT2D eigenvalue weighted by atomic mass is 35.5. The van der Waals surface area contributed by atoms with E-state index in [1.165, 1.54) is 11.9 Å². The summed E-state index contributed by atoms with van der Waals surface area (Å²) in [7, 11) is 0. The monoisotopic (exact) mass is 290 g/mol. The first-order valence-electron chi connectivity index (χ1n) is 5.30. The fraction of sp³-hybridized carbons (Fsp3) is 0.364. The molecule has 1 heterocycles. The van der Waals surface area contributed by atoms with Gasteiger partial charge in [0.1, 0.15) is 0 Å². The van der Waals surface area contributed by atoms with Crippen molar-refractivity contribution in [2.24, 2.45) is 0 Å². The second kappa shape index (κ2) is 5.38. The number of rotatable bonds is 3. The van der Waals surface area contributed by atoms with Crippen LogP contribution in [0.3, 0.4) is 0 Å². The fourth-order valence-corrected chi connectivity index (χ4v) is 2.71. The number of hydrogen-bond acceptors (Lipinski definition) is 2. The molecule has 1 aromatic carbocycles. The first kappa shape index (κ1) is 12.9. The number of halogens is 2. The van der Waals surface area contributed by atoms with Crippen molar-refractivity contribution in [2.75, 3.05) is 23.7 Å². The summed E-state index contributed by atoms with van der Waals surface area (Å²) in [6, 6.07) is 5.26. The zero-order chi connectivity index (χ0) is 12.4. The molecule has 0 atom stereocenters. The molecule has 3 nitrogen and oxygen atoms in total. The Labute approximate surface area is 115 Å². The van der Waals surface area contributed by atoms with Crippen LogP contribution in [0.2, 0.25) is 10.0 Å². The summed E-state index contributed by atoms with van der Waals surface area (Å²) in [6.07, 6.45) is 0. The molecule has 2 amide bonds. The Morgan fingerprint density at radius 1 is 1.29 bits per heavy atom. The van der Waals surface area contributed by atoms with Crippen LogP contribution < -0.4 is 4.90 Å². The predicted octanol–water partition coefficient (Wildman–Crippen LogP) is 3.90. The maximum atomic E-state index is 12.0. The molecule has 0 aliphatic carbocycles. The summed E-state index contributed by atoms with van der Waals surface area (Å²) < 4.78 is 1.77. The van der Waals surface area contributed by atoms with E-state index in [2.05, 4.69) is 0 Å². The Kier molecular flexibility index (Phi) is 4.07. The highest BCUT2D eigenvalue weighted by Gasteiger charge is 2.29. The van der Waals surface area contributed by atoms with Gasteiger partial charge in [-0.2, -0.15) is 0 Å². The number of urea groups is 1. The third kappa shape index (κ3) is 2.64. The van der Waals surface area contributed by atoms with Crippen molar-refractivity contribution >= 4 is 46.9 Å². The fourth-order valence-electron chi connectivity index (χ4n) is 1.68. The van der Waals surface area contributed by atoms with Gasteiger partial charge >= 0.3 is 6.03 Å². The lowest BCUT2D eigenvalue weighted by Gasteiger charge is -2.17. The molecule has 2 rings (SSSR count). The summed E-state index contributed by atoms with van der Waals surface area (Å²) in [5.74, 6) is 0.890. The van der Waals surface area contributed by atoms with E-state index in [0.717, 1.165) is 18.0 Å². The Balaban J connectivity index is 2.18. The average molecular weight is 291 g/mol. The van der Waals surface area contributed by atoms with E-state index in [-0.39, 0.29) is 6.03 Å². The van der Waals surface area contributed by atoms with Crippen LogP contribution in [0.1, 0.15) is 6.92 Å². The zero-order valence-corrected chi connectivity index (χ0v) is 11.6. The van der Waals surface area contributed by atoms with E-state index in [0.29, 0.717) is 16.6 Å². The highest BCUT2D eigenvalue weighted by Crippen LogP contribution is 2.30. The van der Waals surface area contributed by atoms with Crippen molar-refractivity contribution in [1.29, 1.82) is 0 Å². The Morgan fingerprint density at radius 3 is 2.71 bits per heavy atom. The van der Waals surface area contributed by atoms with Gasteiger partial charge in [0.15, 0.2) is 0 Å². The van der Waals surface area contributed by atoms with Gasteiger partial charge < -0.3 is 0 Å². The van der Waals surface area contributed by atoms with Crippen molar-refractivity contribution in [3.8, 4) is 0 Å². The van der Waals surface area contributed by atoms with Gasteiger partial charge in [-0.1, -0.05) is 30.1 Å². The lowest BCUT2D eigenvalue weighted by Crippen LogP contribution is -2.28. The number of carbonyl (C=O) groups is 1. The number of benzene rings is 1. The van der Waals surface area contributed by atoms with Crippen LogP contribution in [0.4, 0.5) is 10.5 Å². The molecule has 1 fully saturated rings. The lowest BCUT2D eigenvalue weighted by atomic mass is 10.3. The smallest absolute Gasteiger partial charge is 0.292 e. The van der Waals surface area contributed by atoms with Crippen LogP contribution in [-0.2, 0) is 0 Å². The zero-order valence-electron chi connectivity index (χ0n) is 9.32. The quantitative estimate of drug-likeness (QED) is 0.788. The Bertz CT molecular complexity index is 441. The molecule has 0 bridgehead atoms. The standard InChI is InChI=1S/C11H12Cl2N2OS/c1-2-17-15-6-5-14(11(15)16)8-3-4-9(12)10(13)7-8/h3-4,7H,2,5-6H2,1H3. The molecular formula is C11H12Cl2N2OS. The van der Waals surface area contributed by atoms with Crippen molar-refractivity contribution < 1.29 is 4.79 Å².